The molecule has 0 aromatic rings. The lowest BCUT2D eigenvalue weighted by atomic mass is 10.1. The number of ether oxygens (including phenoxy) is 3. The maximum Gasteiger partial charge on any atom is 0.306 e. The monoisotopic (exact) mass is 732 g/mol. The van der Waals surface area contributed by atoms with Gasteiger partial charge in [-0.2, -0.15) is 0 Å². The van der Waals surface area contributed by atoms with Gasteiger partial charge in [0.15, 0.2) is 6.10 Å². The number of esters is 2. The van der Waals surface area contributed by atoms with Crippen molar-refractivity contribution < 1.29 is 38.2 Å². The zero-order valence-corrected chi connectivity index (χ0v) is 34.0. The number of quaternary nitrogens is 1. The number of unbranched alkanes of at least 4 members (excludes halogenated alkanes) is 14. The Morgan fingerprint density at radius 2 is 1.08 bits per heavy atom. The summed E-state index contributed by atoms with van der Waals surface area (Å²) in [6.07, 6.45) is 40.1. The number of carbonyl (C=O) groups is 3. The molecule has 0 aliphatic carbocycles. The Kier molecular flexibility index (Phi) is 33.5. The summed E-state index contributed by atoms with van der Waals surface area (Å²) in [6, 6.07) is -0.725. The number of nitrogens with zero attached hydrogens (tertiary/aromatic N) is 1. The van der Waals surface area contributed by atoms with Crippen LogP contribution in [-0.4, -0.2) is 75.5 Å². The number of allylic oxidation sites excluding steroid dienone is 8. The van der Waals surface area contributed by atoms with E-state index in [2.05, 4.69) is 62.5 Å². The fourth-order valence-electron chi connectivity index (χ4n) is 5.77. The molecule has 0 heterocycles. The maximum atomic E-state index is 12.7. The molecule has 0 rings (SSSR count). The molecule has 0 fully saturated rings. The Labute approximate surface area is 318 Å². The van der Waals surface area contributed by atoms with Gasteiger partial charge in [-0.1, -0.05) is 140 Å². The van der Waals surface area contributed by atoms with E-state index >= 15 is 0 Å². The highest BCUT2D eigenvalue weighted by Gasteiger charge is 2.25. The van der Waals surface area contributed by atoms with Gasteiger partial charge in [0.25, 0.3) is 0 Å². The van der Waals surface area contributed by atoms with Crippen LogP contribution in [0.5, 0.6) is 0 Å². The summed E-state index contributed by atoms with van der Waals surface area (Å²) < 4.78 is 17.1. The lowest BCUT2D eigenvalue weighted by Gasteiger charge is -2.34. The topological polar surface area (TPSA) is 102 Å². The standard InChI is InChI=1S/C44H77NO7/c1-6-8-10-12-14-15-16-17-18-19-20-21-22-23-24-25-26-27-29-31-33-35-43(47)52-40(38-50-37-36-41(44(48)49)45(3,4)5)39-51-42(46)34-32-30-28-13-11-9-7-2/h8,10,14-15,17-18,20-21,40-41H,6-7,9,11-13,16,19,22-39H2,1-5H3/b10-8-,15-14-,18-17-,21-20-. The fourth-order valence-corrected chi connectivity index (χ4v) is 5.77. The average Bonchev–Trinajstić information content (AvgIpc) is 3.09. The van der Waals surface area contributed by atoms with Crippen LogP contribution in [0.3, 0.4) is 0 Å². The van der Waals surface area contributed by atoms with Gasteiger partial charge < -0.3 is 28.6 Å². The van der Waals surface area contributed by atoms with Crippen molar-refractivity contribution in [1.29, 1.82) is 0 Å². The molecule has 0 aromatic carbocycles. The minimum Gasteiger partial charge on any atom is -0.544 e. The van der Waals surface area contributed by atoms with Gasteiger partial charge in [0.1, 0.15) is 12.6 Å². The lowest BCUT2D eigenvalue weighted by Crippen LogP contribution is -2.55. The van der Waals surface area contributed by atoms with Crippen molar-refractivity contribution in [2.75, 3.05) is 41.0 Å². The van der Waals surface area contributed by atoms with E-state index < -0.39 is 18.1 Å². The molecule has 0 aliphatic rings. The van der Waals surface area contributed by atoms with E-state index in [4.69, 9.17) is 14.2 Å². The molecule has 0 aromatic heterocycles. The van der Waals surface area contributed by atoms with Crippen molar-refractivity contribution >= 4 is 17.9 Å². The first-order chi connectivity index (χ1) is 25.1. The van der Waals surface area contributed by atoms with Crippen molar-refractivity contribution in [2.24, 2.45) is 0 Å². The minimum absolute atomic E-state index is 0.0373. The third-order valence-corrected chi connectivity index (χ3v) is 8.98. The largest absolute Gasteiger partial charge is 0.544 e. The van der Waals surface area contributed by atoms with Crippen LogP contribution >= 0.6 is 0 Å². The number of carboxylic acid groups (broad SMARTS) is 1. The molecule has 0 bridgehead atoms. The maximum absolute atomic E-state index is 12.7. The predicted molar refractivity (Wildman–Crippen MR) is 213 cm³/mol. The quantitative estimate of drug-likeness (QED) is 0.0274. The van der Waals surface area contributed by atoms with Gasteiger partial charge >= 0.3 is 11.9 Å². The van der Waals surface area contributed by atoms with E-state index in [0.29, 0.717) is 12.8 Å². The Bertz CT molecular complexity index is 995. The van der Waals surface area contributed by atoms with E-state index in [1.807, 2.05) is 0 Å². The van der Waals surface area contributed by atoms with Crippen LogP contribution in [0.25, 0.3) is 0 Å². The summed E-state index contributed by atoms with van der Waals surface area (Å²) >= 11 is 0. The molecule has 8 nitrogen and oxygen atoms in total. The van der Waals surface area contributed by atoms with E-state index in [9.17, 15) is 19.5 Å². The molecular weight excluding hydrogens is 654 g/mol. The average molecular weight is 732 g/mol. The Balaban J connectivity index is 4.26. The molecule has 0 saturated heterocycles. The Morgan fingerprint density at radius 1 is 0.596 bits per heavy atom. The summed E-state index contributed by atoms with van der Waals surface area (Å²) in [6.45, 7) is 4.48. The van der Waals surface area contributed by atoms with Crippen LogP contribution in [0.1, 0.15) is 162 Å². The number of rotatable bonds is 36. The zero-order chi connectivity index (χ0) is 38.5. The first kappa shape index (κ1) is 49.3. The second kappa shape index (κ2) is 35.3. The third kappa shape index (κ3) is 33.1. The normalized spacial score (nSPS) is 13.5. The summed E-state index contributed by atoms with van der Waals surface area (Å²) in [4.78, 5) is 36.6. The van der Waals surface area contributed by atoms with Crippen LogP contribution in [-0.2, 0) is 28.6 Å². The van der Waals surface area contributed by atoms with Crippen LogP contribution in [0.4, 0.5) is 0 Å². The van der Waals surface area contributed by atoms with E-state index in [1.165, 1.54) is 57.8 Å². The van der Waals surface area contributed by atoms with Crippen LogP contribution in [0, 0.1) is 0 Å². The molecule has 0 saturated carbocycles. The zero-order valence-electron chi connectivity index (χ0n) is 34.0. The van der Waals surface area contributed by atoms with Crippen LogP contribution < -0.4 is 5.11 Å². The highest BCUT2D eigenvalue weighted by molar-refractivity contribution is 5.70. The first-order valence-corrected chi connectivity index (χ1v) is 20.7. The third-order valence-electron chi connectivity index (χ3n) is 8.98. The highest BCUT2D eigenvalue weighted by atomic mass is 16.6. The van der Waals surface area contributed by atoms with Gasteiger partial charge in [-0.25, -0.2) is 0 Å². The SMILES string of the molecule is CC/C=C\C/C=C\C/C=C\C/C=C\CCCCCCCCCCC(=O)OC(COCCC(C(=O)[O-])[N+](C)(C)C)COC(=O)CCCCCCCCC. The molecule has 0 spiro atoms. The highest BCUT2D eigenvalue weighted by Crippen LogP contribution is 2.13. The number of carboxylic acids is 1. The smallest absolute Gasteiger partial charge is 0.306 e. The van der Waals surface area contributed by atoms with E-state index in [1.54, 1.807) is 21.1 Å². The van der Waals surface area contributed by atoms with Crippen molar-refractivity contribution in [1.82, 2.24) is 0 Å². The summed E-state index contributed by atoms with van der Waals surface area (Å²) in [5, 5.41) is 11.6. The van der Waals surface area contributed by atoms with Crippen molar-refractivity contribution in [2.45, 2.75) is 174 Å². The van der Waals surface area contributed by atoms with Gasteiger partial charge in [-0.3, -0.25) is 9.59 Å². The summed E-state index contributed by atoms with van der Waals surface area (Å²) in [5.74, 6) is -1.76. The van der Waals surface area contributed by atoms with Crippen LogP contribution in [0.15, 0.2) is 48.6 Å². The van der Waals surface area contributed by atoms with Gasteiger partial charge in [-0.15, -0.1) is 0 Å². The minimum atomic E-state index is -1.13. The number of hydrogen-bond acceptors (Lipinski definition) is 7. The van der Waals surface area contributed by atoms with Gasteiger partial charge in [-0.05, 0) is 51.4 Å². The number of carbonyl (C=O) groups excluding carboxylic acids is 3. The molecule has 0 N–H and O–H groups in total. The molecule has 52 heavy (non-hydrogen) atoms. The van der Waals surface area contributed by atoms with Crippen molar-refractivity contribution in [3.63, 3.8) is 0 Å². The molecule has 0 amide bonds. The fraction of sp³-hybridized carbons (Fsp3) is 0.750. The summed E-state index contributed by atoms with van der Waals surface area (Å²) in [5.41, 5.74) is 0. The molecule has 8 heteroatoms. The molecule has 0 aliphatic heterocycles. The second-order valence-electron chi connectivity index (χ2n) is 14.8. The van der Waals surface area contributed by atoms with E-state index in [0.717, 1.165) is 70.6 Å². The first-order valence-electron chi connectivity index (χ1n) is 20.7. The van der Waals surface area contributed by atoms with Crippen LogP contribution in [0.2, 0.25) is 0 Å². The van der Waals surface area contributed by atoms with Crippen molar-refractivity contribution in [3.05, 3.63) is 48.6 Å². The second-order valence-corrected chi connectivity index (χ2v) is 14.8. The molecule has 2 atom stereocenters. The van der Waals surface area contributed by atoms with E-state index in [-0.39, 0.29) is 42.7 Å². The number of aliphatic carboxylic acids is 1. The molecule has 300 valence electrons. The number of hydrogen-bond donors (Lipinski definition) is 0. The van der Waals surface area contributed by atoms with Gasteiger partial charge in [0.2, 0.25) is 0 Å². The van der Waals surface area contributed by atoms with Crippen molar-refractivity contribution in [3.8, 4) is 0 Å². The predicted octanol–water partition coefficient (Wildman–Crippen LogP) is 9.52. The summed E-state index contributed by atoms with van der Waals surface area (Å²) in [7, 11) is 5.39. The Morgan fingerprint density at radius 3 is 1.60 bits per heavy atom. The molecule has 0 radical (unpaired) electrons. The Hall–Kier alpha value is -2.71. The van der Waals surface area contributed by atoms with Gasteiger partial charge in [0, 0.05) is 19.3 Å². The number of likely N-dealkylation sites (N-methyl/N-ethyl adjacent to an activating group) is 1. The molecule has 2 unspecified atom stereocenters. The van der Waals surface area contributed by atoms with Gasteiger partial charge in [0.05, 0.1) is 40.3 Å². The molecular formula is C44H77NO7. The lowest BCUT2D eigenvalue weighted by molar-refractivity contribution is -0.889.